The number of nitro groups is 1. The lowest BCUT2D eigenvalue weighted by Gasteiger charge is -2.34. The lowest BCUT2D eigenvalue weighted by Crippen LogP contribution is -2.36. The van der Waals surface area contributed by atoms with Crippen LogP contribution >= 0.6 is 0 Å². The summed E-state index contributed by atoms with van der Waals surface area (Å²) in [7, 11) is 1.73. The number of rotatable bonds is 4. The fourth-order valence-corrected chi connectivity index (χ4v) is 4.22. The largest absolute Gasteiger partial charge is 0.365 e. The van der Waals surface area contributed by atoms with Gasteiger partial charge >= 0.3 is 0 Å². The minimum Gasteiger partial charge on any atom is -0.365 e. The van der Waals surface area contributed by atoms with Crippen LogP contribution < -0.4 is 16.0 Å². The number of benzene rings is 1. The van der Waals surface area contributed by atoms with Crippen LogP contribution in [0.25, 0.3) is 0 Å². The number of nitro benzene ring substituents is 1. The highest BCUT2D eigenvalue weighted by Gasteiger charge is 2.31. The van der Waals surface area contributed by atoms with Crippen LogP contribution in [0.15, 0.2) is 18.3 Å². The van der Waals surface area contributed by atoms with Gasteiger partial charge in [0.25, 0.3) is 11.6 Å². The molecule has 2 aliphatic heterocycles. The van der Waals surface area contributed by atoms with Crippen molar-refractivity contribution < 1.29 is 14.5 Å². The predicted molar refractivity (Wildman–Crippen MR) is 106 cm³/mol. The molecule has 2 aromatic rings. The lowest BCUT2D eigenvalue weighted by molar-refractivity contribution is -0.384. The number of nitrogens with zero attached hydrogens (tertiary/aromatic N) is 4. The van der Waals surface area contributed by atoms with Gasteiger partial charge in [-0.25, -0.2) is 0 Å². The number of hydrogen-bond acceptors (Lipinski definition) is 6. The number of piperidine rings is 1. The SMILES string of the molecule is Cn1cc(C(N)=O)c(C2CCCN(c3cc4c(cc3[N+](=O)[O-])CCC(=O)N4)C2)n1. The van der Waals surface area contributed by atoms with Gasteiger partial charge in [-0.15, -0.1) is 0 Å². The molecule has 1 aromatic carbocycles. The molecular formula is C19H22N6O4. The van der Waals surface area contributed by atoms with Crippen molar-refractivity contribution in [3.05, 3.63) is 45.3 Å². The van der Waals surface area contributed by atoms with Crippen molar-refractivity contribution in [3.8, 4) is 0 Å². The summed E-state index contributed by atoms with van der Waals surface area (Å²) in [6.45, 7) is 1.12. The van der Waals surface area contributed by atoms with Crippen LogP contribution in [0.4, 0.5) is 17.1 Å². The highest BCUT2D eigenvalue weighted by atomic mass is 16.6. The number of aromatic nitrogens is 2. The number of nitrogens with one attached hydrogen (secondary N) is 1. The Morgan fingerprint density at radius 3 is 2.90 bits per heavy atom. The zero-order chi connectivity index (χ0) is 20.7. The summed E-state index contributed by atoms with van der Waals surface area (Å²) in [5.74, 6) is -0.696. The first-order valence-electron chi connectivity index (χ1n) is 9.53. The summed E-state index contributed by atoms with van der Waals surface area (Å²) < 4.78 is 1.56. The molecule has 2 aliphatic rings. The molecule has 0 bridgehead atoms. The first-order chi connectivity index (χ1) is 13.8. The monoisotopic (exact) mass is 398 g/mol. The number of aryl methyl sites for hydroxylation is 2. The van der Waals surface area contributed by atoms with E-state index < -0.39 is 5.91 Å². The van der Waals surface area contributed by atoms with Crippen molar-refractivity contribution in [2.75, 3.05) is 23.3 Å². The molecule has 1 aromatic heterocycles. The second-order valence-corrected chi connectivity index (χ2v) is 7.55. The third kappa shape index (κ3) is 3.53. The van der Waals surface area contributed by atoms with E-state index in [0.29, 0.717) is 48.6 Å². The number of primary amides is 1. The fraction of sp³-hybridized carbons (Fsp3) is 0.421. The summed E-state index contributed by atoms with van der Waals surface area (Å²) in [6.07, 6.45) is 4.02. The Balaban J connectivity index is 1.70. The van der Waals surface area contributed by atoms with Crippen molar-refractivity contribution in [1.29, 1.82) is 0 Å². The molecule has 2 amide bonds. The molecule has 1 saturated heterocycles. The summed E-state index contributed by atoms with van der Waals surface area (Å²) in [5, 5.41) is 19.0. The smallest absolute Gasteiger partial charge is 0.292 e. The fourth-order valence-electron chi connectivity index (χ4n) is 4.22. The van der Waals surface area contributed by atoms with Gasteiger partial charge in [-0.3, -0.25) is 24.4 Å². The minimum atomic E-state index is -0.535. The van der Waals surface area contributed by atoms with Gasteiger partial charge in [-0.05, 0) is 30.9 Å². The van der Waals surface area contributed by atoms with Gasteiger partial charge in [0.2, 0.25) is 5.91 Å². The third-order valence-corrected chi connectivity index (χ3v) is 5.56. The van der Waals surface area contributed by atoms with Crippen molar-refractivity contribution in [2.45, 2.75) is 31.6 Å². The van der Waals surface area contributed by atoms with Gasteiger partial charge in [-0.2, -0.15) is 5.10 Å². The van der Waals surface area contributed by atoms with Crippen LogP contribution in [-0.4, -0.2) is 39.6 Å². The highest BCUT2D eigenvalue weighted by molar-refractivity contribution is 5.95. The van der Waals surface area contributed by atoms with Crippen molar-refractivity contribution in [1.82, 2.24) is 9.78 Å². The Hall–Kier alpha value is -3.43. The summed E-state index contributed by atoms with van der Waals surface area (Å²) in [6, 6.07) is 3.25. The number of nitrogens with two attached hydrogens (primary N) is 1. The zero-order valence-electron chi connectivity index (χ0n) is 16.1. The summed E-state index contributed by atoms with van der Waals surface area (Å²) >= 11 is 0. The first-order valence-corrected chi connectivity index (χ1v) is 9.53. The van der Waals surface area contributed by atoms with E-state index in [1.807, 2.05) is 4.90 Å². The second-order valence-electron chi connectivity index (χ2n) is 7.55. The van der Waals surface area contributed by atoms with E-state index in [1.165, 1.54) is 0 Å². The van der Waals surface area contributed by atoms with E-state index in [1.54, 1.807) is 30.1 Å². The van der Waals surface area contributed by atoms with Crippen LogP contribution in [-0.2, 0) is 18.3 Å². The maximum absolute atomic E-state index is 11.8. The van der Waals surface area contributed by atoms with Crippen molar-refractivity contribution >= 4 is 28.9 Å². The third-order valence-electron chi connectivity index (χ3n) is 5.56. The van der Waals surface area contributed by atoms with Gasteiger partial charge in [0.1, 0.15) is 5.69 Å². The van der Waals surface area contributed by atoms with Crippen LogP contribution in [0.1, 0.15) is 46.8 Å². The number of hydrogen-bond donors (Lipinski definition) is 2. The van der Waals surface area contributed by atoms with Crippen LogP contribution in [0.2, 0.25) is 0 Å². The number of anilines is 2. The highest BCUT2D eigenvalue weighted by Crippen LogP contribution is 2.39. The van der Waals surface area contributed by atoms with E-state index in [9.17, 15) is 19.7 Å². The average molecular weight is 398 g/mol. The zero-order valence-corrected chi connectivity index (χ0v) is 16.1. The van der Waals surface area contributed by atoms with E-state index in [-0.39, 0.29) is 22.4 Å². The molecule has 152 valence electrons. The Bertz CT molecular complexity index is 1010. The number of carbonyl (C=O) groups excluding carboxylic acids is 2. The topological polar surface area (TPSA) is 136 Å². The van der Waals surface area contributed by atoms with Gasteiger partial charge in [-0.1, -0.05) is 0 Å². The number of amides is 2. The molecular weight excluding hydrogens is 376 g/mol. The molecule has 1 fully saturated rings. The molecule has 0 aliphatic carbocycles. The van der Waals surface area contributed by atoms with Gasteiger partial charge in [0.15, 0.2) is 0 Å². The van der Waals surface area contributed by atoms with Crippen LogP contribution in [0.5, 0.6) is 0 Å². The van der Waals surface area contributed by atoms with E-state index in [0.717, 1.165) is 18.4 Å². The van der Waals surface area contributed by atoms with E-state index >= 15 is 0 Å². The van der Waals surface area contributed by atoms with Gasteiger partial charge in [0.05, 0.1) is 16.2 Å². The summed E-state index contributed by atoms with van der Waals surface area (Å²) in [5.41, 5.74) is 8.39. The normalized spacial score (nSPS) is 18.9. The van der Waals surface area contributed by atoms with Crippen LogP contribution in [0.3, 0.4) is 0 Å². The number of carbonyl (C=O) groups is 2. The molecule has 0 spiro atoms. The molecule has 3 N–H and O–H groups in total. The molecule has 29 heavy (non-hydrogen) atoms. The van der Waals surface area contributed by atoms with Crippen LogP contribution in [0, 0.1) is 10.1 Å². The van der Waals surface area contributed by atoms with E-state index in [2.05, 4.69) is 10.4 Å². The first kappa shape index (κ1) is 18.9. The van der Waals surface area contributed by atoms with Crippen molar-refractivity contribution in [2.24, 2.45) is 12.8 Å². The molecule has 0 saturated carbocycles. The Kier molecular flexibility index (Phi) is 4.69. The van der Waals surface area contributed by atoms with E-state index in [4.69, 9.17) is 5.73 Å². The molecule has 3 heterocycles. The Morgan fingerprint density at radius 1 is 1.38 bits per heavy atom. The lowest BCUT2D eigenvalue weighted by atomic mass is 9.91. The molecule has 0 radical (unpaired) electrons. The average Bonchev–Trinajstić information content (AvgIpc) is 3.09. The maximum atomic E-state index is 11.8. The number of fused-ring (bicyclic) bond motifs is 1. The van der Waals surface area contributed by atoms with Gasteiger partial charge < -0.3 is 16.0 Å². The Labute approximate surface area is 166 Å². The minimum absolute atomic E-state index is 0.0247. The quantitative estimate of drug-likeness (QED) is 0.594. The predicted octanol–water partition coefficient (Wildman–Crippen LogP) is 1.70. The molecule has 1 unspecified atom stereocenters. The Morgan fingerprint density at radius 2 is 2.17 bits per heavy atom. The maximum Gasteiger partial charge on any atom is 0.292 e. The van der Waals surface area contributed by atoms with Gasteiger partial charge in [0, 0.05) is 50.4 Å². The molecule has 1 atom stereocenters. The standard InChI is InChI=1S/C19H22N6O4/c1-23-10-13(19(20)27)18(22-23)12-3-2-6-24(9-12)15-8-14-11(4-5-17(26)21-14)7-16(15)25(28)29/h7-8,10,12H,2-6,9H2,1H3,(H2,20,27)(H,21,26). The second kappa shape index (κ2) is 7.19. The molecule has 4 rings (SSSR count). The summed E-state index contributed by atoms with van der Waals surface area (Å²) in [4.78, 5) is 36.8. The molecule has 10 heteroatoms. The van der Waals surface area contributed by atoms with Crippen molar-refractivity contribution in [3.63, 3.8) is 0 Å². The molecule has 10 nitrogen and oxygen atoms in total.